The van der Waals surface area contributed by atoms with E-state index in [1.807, 2.05) is 68.4 Å². The monoisotopic (exact) mass is 393 g/mol. The molecule has 0 aromatic heterocycles. The lowest BCUT2D eigenvalue weighted by Gasteiger charge is -2.32. The first-order chi connectivity index (χ1) is 12.9. The van der Waals surface area contributed by atoms with Gasteiger partial charge >= 0.3 is 6.09 Å². The molecule has 28 heavy (non-hydrogen) atoms. The first-order valence-corrected chi connectivity index (χ1v) is 10.2. The van der Waals surface area contributed by atoms with Crippen LogP contribution in [0, 0.1) is 0 Å². The van der Waals surface area contributed by atoms with Crippen molar-refractivity contribution in [2.24, 2.45) is 4.99 Å². The highest BCUT2D eigenvalue weighted by Crippen LogP contribution is 2.26. The summed E-state index contributed by atoms with van der Waals surface area (Å²) in [6.07, 6.45) is 2.43. The fourth-order valence-corrected chi connectivity index (χ4v) is 3.00. The van der Waals surface area contributed by atoms with Crippen LogP contribution >= 0.6 is 0 Å². The van der Waals surface area contributed by atoms with E-state index in [2.05, 4.69) is 16.5 Å². The number of aliphatic imine (C=N–C) groups is 1. The maximum atomic E-state index is 12.9. The molecule has 1 unspecified atom stereocenters. The lowest BCUT2D eigenvalue weighted by atomic mass is 10.2. The van der Waals surface area contributed by atoms with Gasteiger partial charge in [-0.1, -0.05) is 13.8 Å². The van der Waals surface area contributed by atoms with Crippen LogP contribution in [0.4, 0.5) is 4.79 Å². The van der Waals surface area contributed by atoms with Crippen LogP contribution in [0.3, 0.4) is 0 Å². The van der Waals surface area contributed by atoms with E-state index in [0.717, 1.165) is 18.5 Å². The van der Waals surface area contributed by atoms with Gasteiger partial charge in [0.2, 0.25) is 0 Å². The summed E-state index contributed by atoms with van der Waals surface area (Å²) in [6, 6.07) is -0.0222. The van der Waals surface area contributed by atoms with Crippen LogP contribution in [-0.4, -0.2) is 58.6 Å². The molecule has 0 aliphatic carbocycles. The van der Waals surface area contributed by atoms with Crippen molar-refractivity contribution in [3.05, 3.63) is 24.1 Å². The van der Waals surface area contributed by atoms with Gasteiger partial charge in [0.05, 0.1) is 12.6 Å². The number of hydrogen-bond acceptors (Lipinski definition) is 5. The highest BCUT2D eigenvalue weighted by Gasteiger charge is 2.37. The topological polar surface area (TPSA) is 54.4 Å². The second-order valence-electron chi connectivity index (χ2n) is 9.01. The Bertz CT molecular complexity index is 624. The fraction of sp³-hybridized carbons (Fsp3) is 0.727. The summed E-state index contributed by atoms with van der Waals surface area (Å²) in [4.78, 5) is 21.2. The minimum absolute atomic E-state index is 0.0222. The number of rotatable bonds is 3. The Labute approximate surface area is 171 Å². The molecule has 0 radical (unpaired) electrons. The van der Waals surface area contributed by atoms with Gasteiger partial charge in [-0.2, -0.15) is 0 Å². The lowest BCUT2D eigenvalue weighted by molar-refractivity contribution is 0.00619. The molecule has 1 atom stereocenters. The van der Waals surface area contributed by atoms with Crippen molar-refractivity contribution in [2.45, 2.75) is 86.0 Å². The molecule has 0 aromatic carbocycles. The van der Waals surface area contributed by atoms with Gasteiger partial charge < -0.3 is 14.4 Å². The van der Waals surface area contributed by atoms with E-state index in [9.17, 15) is 4.79 Å². The number of amides is 1. The number of hydrogen-bond donors (Lipinski definition) is 0. The van der Waals surface area contributed by atoms with Gasteiger partial charge in [-0.3, -0.25) is 9.89 Å². The normalized spacial score (nSPS) is 19.3. The molecule has 2 aliphatic heterocycles. The van der Waals surface area contributed by atoms with E-state index in [1.165, 1.54) is 0 Å². The molecule has 6 heteroatoms. The summed E-state index contributed by atoms with van der Waals surface area (Å²) in [6.45, 7) is 23.8. The zero-order chi connectivity index (χ0) is 21.7. The van der Waals surface area contributed by atoms with Gasteiger partial charge in [-0.25, -0.2) is 4.79 Å². The Morgan fingerprint density at radius 2 is 1.75 bits per heavy atom. The summed E-state index contributed by atoms with van der Waals surface area (Å²) < 4.78 is 11.5. The molecule has 2 aliphatic rings. The Morgan fingerprint density at radius 3 is 2.21 bits per heavy atom. The predicted molar refractivity (Wildman–Crippen MR) is 115 cm³/mol. The van der Waals surface area contributed by atoms with Crippen LogP contribution in [0.5, 0.6) is 0 Å². The molecule has 0 N–H and O–H groups in total. The van der Waals surface area contributed by atoms with Crippen molar-refractivity contribution < 1.29 is 14.3 Å². The molecule has 1 amide bonds. The number of amidine groups is 1. The maximum absolute atomic E-state index is 12.9. The van der Waals surface area contributed by atoms with E-state index in [1.54, 1.807) is 4.90 Å². The molecule has 160 valence electrons. The van der Waals surface area contributed by atoms with Crippen molar-refractivity contribution in [1.82, 2.24) is 9.80 Å². The van der Waals surface area contributed by atoms with Crippen molar-refractivity contribution in [3.63, 3.8) is 0 Å². The van der Waals surface area contributed by atoms with E-state index >= 15 is 0 Å². The minimum Gasteiger partial charge on any atom is -0.474 e. The van der Waals surface area contributed by atoms with Crippen LogP contribution in [-0.2, 0) is 9.47 Å². The van der Waals surface area contributed by atoms with Crippen molar-refractivity contribution in [2.75, 3.05) is 19.6 Å². The SMILES string of the molecule is C=C(OC(C)(C)C)N1CCC(N(C(=O)OC(C)(C)C)C2=NCC(C)=C2)C1.CC. The Balaban J connectivity index is 0.00000190. The van der Waals surface area contributed by atoms with Crippen LogP contribution < -0.4 is 0 Å². The predicted octanol–water partition coefficient (Wildman–Crippen LogP) is 4.97. The molecule has 6 nitrogen and oxygen atoms in total. The molecule has 0 spiro atoms. The largest absolute Gasteiger partial charge is 0.474 e. The number of nitrogens with zero attached hydrogens (tertiary/aromatic N) is 3. The quantitative estimate of drug-likeness (QED) is 0.635. The highest BCUT2D eigenvalue weighted by atomic mass is 16.6. The molecule has 0 saturated carbocycles. The summed E-state index contributed by atoms with van der Waals surface area (Å²) in [5, 5.41) is 0. The van der Waals surface area contributed by atoms with Crippen LogP contribution in [0.1, 0.15) is 68.7 Å². The molecule has 1 fully saturated rings. The Kier molecular flexibility index (Phi) is 8.15. The fourth-order valence-electron chi connectivity index (χ4n) is 3.00. The average Bonchev–Trinajstić information content (AvgIpc) is 3.16. The van der Waals surface area contributed by atoms with Gasteiger partial charge in [0.1, 0.15) is 17.0 Å². The highest BCUT2D eigenvalue weighted by molar-refractivity contribution is 6.04. The Morgan fingerprint density at radius 1 is 1.18 bits per heavy atom. The van der Waals surface area contributed by atoms with Gasteiger partial charge in [0, 0.05) is 13.1 Å². The summed E-state index contributed by atoms with van der Waals surface area (Å²) in [5.41, 5.74) is 0.295. The number of carbonyl (C=O) groups excluding carboxylic acids is 1. The lowest BCUT2D eigenvalue weighted by Crippen LogP contribution is -2.47. The zero-order valence-corrected chi connectivity index (χ0v) is 19.3. The van der Waals surface area contributed by atoms with Gasteiger partial charge in [0.15, 0.2) is 5.88 Å². The van der Waals surface area contributed by atoms with Crippen molar-refractivity contribution in [1.29, 1.82) is 0 Å². The number of carbonyl (C=O) groups is 1. The molecule has 2 rings (SSSR count). The first kappa shape index (κ1) is 24.1. The zero-order valence-electron chi connectivity index (χ0n) is 19.3. The summed E-state index contributed by atoms with van der Waals surface area (Å²) in [7, 11) is 0. The van der Waals surface area contributed by atoms with Crippen LogP contribution in [0.2, 0.25) is 0 Å². The Hall–Kier alpha value is -1.98. The van der Waals surface area contributed by atoms with Crippen molar-refractivity contribution in [3.8, 4) is 0 Å². The third-order valence-corrected chi connectivity index (χ3v) is 4.01. The standard InChI is InChI=1S/C20H33N3O3.C2H6/c1-14-11-17(21-12-14)23(18(24)26-20(6,7)8)16-9-10-22(13-16)15(2)25-19(3,4)5;1-2/h11,16H,2,9-10,12-13H2,1,3-8H3;1-2H3. The maximum Gasteiger partial charge on any atom is 0.416 e. The molecule has 2 heterocycles. The smallest absolute Gasteiger partial charge is 0.416 e. The average molecular weight is 394 g/mol. The van der Waals surface area contributed by atoms with E-state index in [4.69, 9.17) is 9.47 Å². The second kappa shape index (κ2) is 9.48. The third-order valence-electron chi connectivity index (χ3n) is 4.01. The van der Waals surface area contributed by atoms with E-state index < -0.39 is 5.60 Å². The minimum atomic E-state index is -0.551. The second-order valence-corrected chi connectivity index (χ2v) is 9.01. The third kappa shape index (κ3) is 7.21. The molecular formula is C22H39N3O3. The van der Waals surface area contributed by atoms with Gasteiger partial charge in [-0.05, 0) is 73.1 Å². The first-order valence-electron chi connectivity index (χ1n) is 10.2. The summed E-state index contributed by atoms with van der Waals surface area (Å²) >= 11 is 0. The van der Waals surface area contributed by atoms with Gasteiger partial charge in [-0.15, -0.1) is 0 Å². The van der Waals surface area contributed by atoms with Crippen molar-refractivity contribution >= 4 is 11.9 Å². The summed E-state index contributed by atoms with van der Waals surface area (Å²) in [5.74, 6) is 1.33. The molecule has 0 bridgehead atoms. The van der Waals surface area contributed by atoms with Crippen LogP contribution in [0.25, 0.3) is 0 Å². The molecule has 1 saturated heterocycles. The molecule has 0 aromatic rings. The number of likely N-dealkylation sites (tertiary alicyclic amines) is 1. The van der Waals surface area contributed by atoms with E-state index in [-0.39, 0.29) is 17.7 Å². The van der Waals surface area contributed by atoms with Gasteiger partial charge in [0.25, 0.3) is 0 Å². The molecular weight excluding hydrogens is 354 g/mol. The van der Waals surface area contributed by atoms with Crippen LogP contribution in [0.15, 0.2) is 29.1 Å². The number of ether oxygens (including phenoxy) is 2. The van der Waals surface area contributed by atoms with E-state index in [0.29, 0.717) is 24.8 Å².